The lowest BCUT2D eigenvalue weighted by molar-refractivity contribution is -0.385. The summed E-state index contributed by atoms with van der Waals surface area (Å²) in [4.78, 5) is 25.2. The Morgan fingerprint density at radius 2 is 2.17 bits per heavy atom. The normalized spacial score (nSPS) is 14.4. The van der Waals surface area contributed by atoms with E-state index in [1.54, 1.807) is 25.1 Å². The quantitative estimate of drug-likeness (QED) is 0.278. The van der Waals surface area contributed by atoms with Crippen molar-refractivity contribution < 1.29 is 14.5 Å². The molecule has 30 heavy (non-hydrogen) atoms. The van der Waals surface area contributed by atoms with Gasteiger partial charge in [-0.3, -0.25) is 19.8 Å². The van der Waals surface area contributed by atoms with Crippen LogP contribution in [-0.2, 0) is 22.6 Å². The molecule has 0 spiro atoms. The zero-order valence-corrected chi connectivity index (χ0v) is 17.6. The summed E-state index contributed by atoms with van der Waals surface area (Å²) >= 11 is 1.26. The molecule has 2 heterocycles. The number of nitrogens with zero attached hydrogens (tertiary/aromatic N) is 5. The van der Waals surface area contributed by atoms with Gasteiger partial charge in [-0.1, -0.05) is 23.9 Å². The van der Waals surface area contributed by atoms with Crippen LogP contribution in [0.3, 0.4) is 0 Å². The zero-order chi connectivity index (χ0) is 21.5. The fourth-order valence-corrected chi connectivity index (χ4v) is 3.79. The number of morpholine rings is 1. The van der Waals surface area contributed by atoms with E-state index < -0.39 is 4.92 Å². The Kier molecular flexibility index (Phi) is 7.55. The number of rotatable bonds is 9. The molecule has 11 heteroatoms. The maximum absolute atomic E-state index is 12.3. The van der Waals surface area contributed by atoms with Gasteiger partial charge in [0.1, 0.15) is 5.82 Å². The summed E-state index contributed by atoms with van der Waals surface area (Å²) < 4.78 is 7.32. The minimum atomic E-state index is -0.465. The maximum atomic E-state index is 12.3. The Labute approximate surface area is 178 Å². The SMILES string of the molecule is C=CCn1c(CN2CCOCC2)nnc1SCC(=O)Nc1ccc(C)c([N+](=O)[O-])c1. The van der Waals surface area contributed by atoms with Crippen LogP contribution >= 0.6 is 11.8 Å². The topological polar surface area (TPSA) is 115 Å². The number of nitro groups is 1. The number of benzene rings is 1. The Morgan fingerprint density at radius 1 is 1.40 bits per heavy atom. The van der Waals surface area contributed by atoms with Crippen molar-refractivity contribution in [1.82, 2.24) is 19.7 Å². The highest BCUT2D eigenvalue weighted by Gasteiger charge is 2.18. The Bertz CT molecular complexity index is 926. The number of aryl methyl sites for hydroxylation is 1. The van der Waals surface area contributed by atoms with Gasteiger partial charge in [0.05, 0.1) is 30.4 Å². The van der Waals surface area contributed by atoms with Crippen molar-refractivity contribution in [3.05, 3.63) is 52.4 Å². The summed E-state index contributed by atoms with van der Waals surface area (Å²) in [6.45, 7) is 9.73. The van der Waals surface area contributed by atoms with Crippen molar-refractivity contribution in [2.45, 2.75) is 25.2 Å². The number of allylic oxidation sites excluding steroid dienone is 1. The van der Waals surface area contributed by atoms with E-state index in [1.807, 2.05) is 4.57 Å². The number of ether oxygens (including phenoxy) is 1. The number of amides is 1. The number of carbonyl (C=O) groups excluding carboxylic acids is 1. The Balaban J connectivity index is 1.62. The van der Waals surface area contributed by atoms with Crippen LogP contribution in [0.15, 0.2) is 36.0 Å². The third kappa shape index (κ3) is 5.65. The van der Waals surface area contributed by atoms with Gasteiger partial charge in [-0.05, 0) is 13.0 Å². The van der Waals surface area contributed by atoms with Crippen LogP contribution < -0.4 is 5.32 Å². The molecule has 0 unspecified atom stereocenters. The molecule has 1 saturated heterocycles. The third-order valence-electron chi connectivity index (χ3n) is 4.60. The van der Waals surface area contributed by atoms with Crippen molar-refractivity contribution >= 4 is 29.0 Å². The Hall–Kier alpha value is -2.76. The van der Waals surface area contributed by atoms with Crippen LogP contribution in [0.4, 0.5) is 11.4 Å². The number of nitrogens with one attached hydrogen (secondary N) is 1. The van der Waals surface area contributed by atoms with Crippen LogP contribution in [0.1, 0.15) is 11.4 Å². The molecule has 1 aromatic carbocycles. The number of hydrogen-bond acceptors (Lipinski definition) is 8. The van der Waals surface area contributed by atoms with E-state index in [4.69, 9.17) is 4.74 Å². The number of aromatic nitrogens is 3. The highest BCUT2D eigenvalue weighted by Crippen LogP contribution is 2.23. The summed E-state index contributed by atoms with van der Waals surface area (Å²) in [5.74, 6) is 0.643. The summed E-state index contributed by atoms with van der Waals surface area (Å²) in [6.07, 6.45) is 1.77. The molecule has 0 radical (unpaired) electrons. The second kappa shape index (κ2) is 10.3. The maximum Gasteiger partial charge on any atom is 0.274 e. The van der Waals surface area contributed by atoms with Gasteiger partial charge in [0.25, 0.3) is 5.69 Å². The van der Waals surface area contributed by atoms with Gasteiger partial charge >= 0.3 is 0 Å². The lowest BCUT2D eigenvalue weighted by Gasteiger charge is -2.26. The minimum Gasteiger partial charge on any atom is -0.379 e. The molecule has 0 bridgehead atoms. The highest BCUT2D eigenvalue weighted by molar-refractivity contribution is 7.99. The predicted molar refractivity (Wildman–Crippen MR) is 114 cm³/mol. The van der Waals surface area contributed by atoms with E-state index in [1.165, 1.54) is 17.8 Å². The first-order chi connectivity index (χ1) is 14.5. The highest BCUT2D eigenvalue weighted by atomic mass is 32.2. The van der Waals surface area contributed by atoms with Gasteiger partial charge in [0.15, 0.2) is 5.16 Å². The fraction of sp³-hybridized carbons (Fsp3) is 0.421. The molecule has 3 rings (SSSR count). The van der Waals surface area contributed by atoms with Crippen LogP contribution in [0.2, 0.25) is 0 Å². The molecular formula is C19H24N6O4S. The summed E-state index contributed by atoms with van der Waals surface area (Å²) in [6, 6.07) is 4.61. The molecule has 0 saturated carbocycles. The first-order valence-corrected chi connectivity index (χ1v) is 10.5. The molecular weight excluding hydrogens is 408 g/mol. The van der Waals surface area contributed by atoms with Gasteiger partial charge in [0.2, 0.25) is 5.91 Å². The van der Waals surface area contributed by atoms with Gasteiger partial charge in [0, 0.05) is 37.0 Å². The Morgan fingerprint density at radius 3 is 2.87 bits per heavy atom. The summed E-state index contributed by atoms with van der Waals surface area (Å²) in [7, 11) is 0. The number of anilines is 1. The van der Waals surface area contributed by atoms with E-state index in [0.29, 0.717) is 42.7 Å². The standard InChI is InChI=1S/C19H24N6O4S/c1-3-6-24-17(12-23-7-9-29-10-8-23)21-22-19(24)30-13-18(26)20-15-5-4-14(2)16(11-15)25(27)28/h3-5,11H,1,6-10,12-13H2,2H3,(H,20,26). The van der Waals surface area contributed by atoms with Crippen molar-refractivity contribution in [3.63, 3.8) is 0 Å². The van der Waals surface area contributed by atoms with Gasteiger partial charge in [-0.2, -0.15) is 0 Å². The molecule has 1 fully saturated rings. The van der Waals surface area contributed by atoms with Gasteiger partial charge in [-0.25, -0.2) is 0 Å². The van der Waals surface area contributed by atoms with Crippen LogP contribution in [0, 0.1) is 17.0 Å². The van der Waals surface area contributed by atoms with Crippen LogP contribution in [-0.4, -0.2) is 62.6 Å². The number of hydrogen-bond donors (Lipinski definition) is 1. The molecule has 0 atom stereocenters. The molecule has 1 aliphatic heterocycles. The van der Waals surface area contributed by atoms with Crippen molar-refractivity contribution in [2.75, 3.05) is 37.4 Å². The number of carbonyl (C=O) groups is 1. The molecule has 0 aliphatic carbocycles. The van der Waals surface area contributed by atoms with Crippen LogP contribution in [0.25, 0.3) is 0 Å². The molecule has 1 aromatic heterocycles. The monoisotopic (exact) mass is 432 g/mol. The first kappa shape index (κ1) is 21.9. The molecule has 160 valence electrons. The lowest BCUT2D eigenvalue weighted by atomic mass is 10.2. The summed E-state index contributed by atoms with van der Waals surface area (Å²) in [5, 5.41) is 22.9. The van der Waals surface area contributed by atoms with Crippen LogP contribution in [0.5, 0.6) is 0 Å². The van der Waals surface area contributed by atoms with Crippen molar-refractivity contribution in [2.24, 2.45) is 0 Å². The largest absolute Gasteiger partial charge is 0.379 e. The molecule has 1 aliphatic rings. The fourth-order valence-electron chi connectivity index (χ4n) is 3.03. The molecule has 1 amide bonds. The molecule has 2 aromatic rings. The zero-order valence-electron chi connectivity index (χ0n) is 16.7. The van der Waals surface area contributed by atoms with Crippen molar-refractivity contribution in [1.29, 1.82) is 0 Å². The van der Waals surface area contributed by atoms with Crippen molar-refractivity contribution in [3.8, 4) is 0 Å². The average Bonchev–Trinajstić information content (AvgIpc) is 3.10. The van der Waals surface area contributed by atoms with E-state index in [0.717, 1.165) is 18.9 Å². The summed E-state index contributed by atoms with van der Waals surface area (Å²) in [5.41, 5.74) is 0.898. The van der Waals surface area contributed by atoms with E-state index in [-0.39, 0.29) is 17.3 Å². The second-order valence-corrected chi connectivity index (χ2v) is 7.72. The van der Waals surface area contributed by atoms with Gasteiger partial charge < -0.3 is 14.6 Å². The average molecular weight is 433 g/mol. The number of thioether (sulfide) groups is 1. The third-order valence-corrected chi connectivity index (χ3v) is 5.56. The number of nitro benzene ring substituents is 1. The first-order valence-electron chi connectivity index (χ1n) is 9.48. The lowest BCUT2D eigenvalue weighted by Crippen LogP contribution is -2.36. The smallest absolute Gasteiger partial charge is 0.274 e. The predicted octanol–water partition coefficient (Wildman–Crippen LogP) is 2.24. The molecule has 10 nitrogen and oxygen atoms in total. The van der Waals surface area contributed by atoms with E-state index in [2.05, 4.69) is 27.0 Å². The van der Waals surface area contributed by atoms with E-state index >= 15 is 0 Å². The van der Waals surface area contributed by atoms with Gasteiger partial charge in [-0.15, -0.1) is 16.8 Å². The second-order valence-electron chi connectivity index (χ2n) is 6.78. The van der Waals surface area contributed by atoms with E-state index in [9.17, 15) is 14.9 Å². The minimum absolute atomic E-state index is 0.0288. The molecule has 1 N–H and O–H groups in total.